The summed E-state index contributed by atoms with van der Waals surface area (Å²) in [4.78, 5) is 11.0. The number of hydrogen-bond acceptors (Lipinski definition) is 2. The number of carboxylic acids is 1. The molecule has 1 atom stereocenters. The number of aliphatic carboxylic acids is 1. The maximum Gasteiger partial charge on any atom is 0.344 e. The van der Waals surface area contributed by atoms with Crippen molar-refractivity contribution in [2.24, 2.45) is 0 Å². The first-order valence-corrected chi connectivity index (χ1v) is 6.16. The van der Waals surface area contributed by atoms with Crippen molar-refractivity contribution < 1.29 is 14.6 Å². The van der Waals surface area contributed by atoms with Crippen molar-refractivity contribution in [3.8, 4) is 5.75 Å². The largest absolute Gasteiger partial charge is 0.479 e. The summed E-state index contributed by atoms with van der Waals surface area (Å²) in [6.45, 7) is 2.08. The van der Waals surface area contributed by atoms with Crippen LogP contribution in [0.2, 0.25) is 5.02 Å². The predicted molar refractivity (Wildman–Crippen MR) is 67.6 cm³/mol. The van der Waals surface area contributed by atoms with Gasteiger partial charge in [-0.25, -0.2) is 4.79 Å². The zero-order valence-electron chi connectivity index (χ0n) is 9.86. The zero-order valence-corrected chi connectivity index (χ0v) is 10.6. The van der Waals surface area contributed by atoms with Crippen LogP contribution in [0, 0.1) is 0 Å². The van der Waals surface area contributed by atoms with Gasteiger partial charge >= 0.3 is 5.97 Å². The van der Waals surface area contributed by atoms with E-state index in [0.29, 0.717) is 17.2 Å². The maximum atomic E-state index is 11.0. The number of benzene rings is 1. The first kappa shape index (κ1) is 13.8. The van der Waals surface area contributed by atoms with E-state index in [4.69, 9.17) is 21.4 Å². The standard InChI is InChI=1S/C13H17ClO3/c1-2-3-4-5-12(13(15)16)17-11-8-6-10(14)7-9-11/h6-9,12H,2-5H2,1H3,(H,15,16). The lowest BCUT2D eigenvalue weighted by molar-refractivity contribution is -0.145. The Morgan fingerprint density at radius 1 is 1.35 bits per heavy atom. The fourth-order valence-corrected chi connectivity index (χ4v) is 1.62. The van der Waals surface area contributed by atoms with Gasteiger partial charge in [0.05, 0.1) is 0 Å². The number of carbonyl (C=O) groups is 1. The number of carboxylic acid groups (broad SMARTS) is 1. The van der Waals surface area contributed by atoms with E-state index in [2.05, 4.69) is 6.92 Å². The summed E-state index contributed by atoms with van der Waals surface area (Å²) in [6.07, 6.45) is 2.70. The summed E-state index contributed by atoms with van der Waals surface area (Å²) in [6, 6.07) is 6.72. The number of rotatable bonds is 7. The SMILES string of the molecule is CCCCCC(Oc1ccc(Cl)cc1)C(=O)O. The Morgan fingerprint density at radius 3 is 2.53 bits per heavy atom. The van der Waals surface area contributed by atoms with Crippen molar-refractivity contribution in [3.05, 3.63) is 29.3 Å². The first-order valence-electron chi connectivity index (χ1n) is 5.78. The van der Waals surface area contributed by atoms with Crippen molar-refractivity contribution in [2.45, 2.75) is 38.7 Å². The molecule has 1 rings (SSSR count). The van der Waals surface area contributed by atoms with Gasteiger partial charge in [0.1, 0.15) is 5.75 Å². The van der Waals surface area contributed by atoms with E-state index < -0.39 is 12.1 Å². The third-order valence-corrected chi connectivity index (χ3v) is 2.69. The van der Waals surface area contributed by atoms with Crippen molar-refractivity contribution in [3.63, 3.8) is 0 Å². The molecule has 1 aromatic rings. The normalized spacial score (nSPS) is 12.1. The smallest absolute Gasteiger partial charge is 0.344 e. The summed E-state index contributed by atoms with van der Waals surface area (Å²) in [5.41, 5.74) is 0. The van der Waals surface area contributed by atoms with Gasteiger partial charge in [-0.3, -0.25) is 0 Å². The molecule has 1 N–H and O–H groups in total. The minimum Gasteiger partial charge on any atom is -0.479 e. The molecule has 1 aromatic carbocycles. The minimum absolute atomic E-state index is 0.534. The Kier molecular flexibility index (Phi) is 5.84. The van der Waals surface area contributed by atoms with E-state index in [1.165, 1.54) is 0 Å². The van der Waals surface area contributed by atoms with Crippen LogP contribution in [0.25, 0.3) is 0 Å². The van der Waals surface area contributed by atoms with Gasteiger partial charge in [0.2, 0.25) is 0 Å². The Balaban J connectivity index is 2.54. The van der Waals surface area contributed by atoms with Gasteiger partial charge < -0.3 is 9.84 Å². The summed E-state index contributed by atoms with van der Waals surface area (Å²) in [5, 5.41) is 9.64. The Hall–Kier alpha value is -1.22. The third-order valence-electron chi connectivity index (χ3n) is 2.44. The highest BCUT2D eigenvalue weighted by Gasteiger charge is 2.18. The number of halogens is 1. The summed E-state index contributed by atoms with van der Waals surface area (Å²) in [7, 11) is 0. The number of hydrogen-bond donors (Lipinski definition) is 1. The lowest BCUT2D eigenvalue weighted by Gasteiger charge is -2.14. The quantitative estimate of drug-likeness (QED) is 0.756. The van der Waals surface area contributed by atoms with Crippen LogP contribution < -0.4 is 4.74 Å². The van der Waals surface area contributed by atoms with Crippen LogP contribution in [0.15, 0.2) is 24.3 Å². The lowest BCUT2D eigenvalue weighted by atomic mass is 10.1. The molecule has 0 aliphatic heterocycles. The van der Waals surface area contributed by atoms with Crippen molar-refractivity contribution in [2.75, 3.05) is 0 Å². The molecule has 0 aliphatic rings. The van der Waals surface area contributed by atoms with Crippen LogP contribution in [0.5, 0.6) is 5.75 Å². The fourth-order valence-electron chi connectivity index (χ4n) is 1.49. The van der Waals surface area contributed by atoms with Crippen LogP contribution in [-0.4, -0.2) is 17.2 Å². The maximum absolute atomic E-state index is 11.0. The van der Waals surface area contributed by atoms with E-state index in [0.717, 1.165) is 19.3 Å². The second kappa shape index (κ2) is 7.17. The average molecular weight is 257 g/mol. The molecular weight excluding hydrogens is 240 g/mol. The van der Waals surface area contributed by atoms with Crippen LogP contribution in [-0.2, 0) is 4.79 Å². The van der Waals surface area contributed by atoms with Gasteiger partial charge in [-0.05, 0) is 37.1 Å². The molecule has 0 bridgehead atoms. The van der Waals surface area contributed by atoms with E-state index in [-0.39, 0.29) is 0 Å². The molecule has 0 amide bonds. The summed E-state index contributed by atoms with van der Waals surface area (Å²) >= 11 is 5.74. The van der Waals surface area contributed by atoms with E-state index in [9.17, 15) is 4.79 Å². The van der Waals surface area contributed by atoms with E-state index in [1.807, 2.05) is 0 Å². The van der Waals surface area contributed by atoms with Gasteiger partial charge in [-0.2, -0.15) is 0 Å². The van der Waals surface area contributed by atoms with E-state index in [1.54, 1.807) is 24.3 Å². The fraction of sp³-hybridized carbons (Fsp3) is 0.462. The molecule has 0 spiro atoms. The molecule has 4 heteroatoms. The van der Waals surface area contributed by atoms with Crippen LogP contribution in [0.1, 0.15) is 32.6 Å². The third kappa shape index (κ3) is 5.09. The highest BCUT2D eigenvalue weighted by Crippen LogP contribution is 2.18. The molecule has 0 saturated heterocycles. The molecule has 0 aromatic heterocycles. The molecule has 0 radical (unpaired) electrons. The van der Waals surface area contributed by atoms with Crippen molar-refractivity contribution in [1.29, 1.82) is 0 Å². The highest BCUT2D eigenvalue weighted by atomic mass is 35.5. The Labute approximate surface area is 106 Å². The zero-order chi connectivity index (χ0) is 12.7. The first-order chi connectivity index (χ1) is 8.13. The monoisotopic (exact) mass is 256 g/mol. The molecule has 0 heterocycles. The summed E-state index contributed by atoms with van der Waals surface area (Å²) < 4.78 is 5.42. The predicted octanol–water partition coefficient (Wildman–Crippen LogP) is 3.75. The van der Waals surface area contributed by atoms with E-state index >= 15 is 0 Å². The molecule has 3 nitrogen and oxygen atoms in total. The second-order valence-corrected chi connectivity index (χ2v) is 4.33. The van der Waals surface area contributed by atoms with Crippen LogP contribution in [0.4, 0.5) is 0 Å². The lowest BCUT2D eigenvalue weighted by Crippen LogP contribution is -2.26. The highest BCUT2D eigenvalue weighted by molar-refractivity contribution is 6.30. The summed E-state index contributed by atoms with van der Waals surface area (Å²) in [5.74, 6) is -0.380. The van der Waals surface area contributed by atoms with Crippen molar-refractivity contribution in [1.82, 2.24) is 0 Å². The van der Waals surface area contributed by atoms with Gasteiger partial charge in [-0.15, -0.1) is 0 Å². The van der Waals surface area contributed by atoms with Crippen LogP contribution >= 0.6 is 11.6 Å². The van der Waals surface area contributed by atoms with Crippen molar-refractivity contribution >= 4 is 17.6 Å². The topological polar surface area (TPSA) is 46.5 Å². The van der Waals surface area contributed by atoms with Gasteiger partial charge in [0, 0.05) is 5.02 Å². The second-order valence-electron chi connectivity index (χ2n) is 3.89. The molecular formula is C13H17ClO3. The van der Waals surface area contributed by atoms with Gasteiger partial charge in [0.25, 0.3) is 0 Å². The van der Waals surface area contributed by atoms with Gasteiger partial charge in [0.15, 0.2) is 6.10 Å². The molecule has 0 fully saturated rings. The number of ether oxygens (including phenoxy) is 1. The molecule has 17 heavy (non-hydrogen) atoms. The van der Waals surface area contributed by atoms with Gasteiger partial charge in [-0.1, -0.05) is 31.4 Å². The Morgan fingerprint density at radius 2 is 2.00 bits per heavy atom. The molecule has 1 unspecified atom stereocenters. The molecule has 0 aliphatic carbocycles. The minimum atomic E-state index is -0.920. The Bertz CT molecular complexity index is 348. The van der Waals surface area contributed by atoms with Crippen LogP contribution in [0.3, 0.4) is 0 Å². The number of unbranched alkanes of at least 4 members (excludes halogenated alkanes) is 2. The average Bonchev–Trinajstić information content (AvgIpc) is 2.30. The molecule has 0 saturated carbocycles. The molecule has 94 valence electrons.